The van der Waals surface area contributed by atoms with Crippen LogP contribution >= 0.6 is 0 Å². The average molecular weight is 172 g/mol. The predicted octanol–water partition coefficient (Wildman–Crippen LogP) is 0.734. The standard InChI is InChI=1S/C7H8.H3NO2S/c1-7-5-3-2-4-6-7;1-4(2)3/h2-6H,1H3;1H2,(H,2,3)/p-1. The second-order valence-electron chi connectivity index (χ2n) is 1.92. The third kappa shape index (κ3) is 9.29. The van der Waals surface area contributed by atoms with E-state index in [1.807, 2.05) is 18.2 Å². The van der Waals surface area contributed by atoms with Crippen LogP contribution in [0.4, 0.5) is 0 Å². The molecule has 4 heteroatoms. The molecule has 1 atom stereocenters. The van der Waals surface area contributed by atoms with E-state index in [2.05, 4.69) is 24.2 Å². The van der Waals surface area contributed by atoms with E-state index < -0.39 is 11.3 Å². The van der Waals surface area contributed by atoms with Crippen LogP contribution in [0.3, 0.4) is 0 Å². The van der Waals surface area contributed by atoms with Gasteiger partial charge in [0.25, 0.3) is 0 Å². The van der Waals surface area contributed by atoms with E-state index in [4.69, 9.17) is 8.76 Å². The van der Waals surface area contributed by atoms with Gasteiger partial charge in [0.1, 0.15) is 0 Å². The van der Waals surface area contributed by atoms with E-state index in [-0.39, 0.29) is 0 Å². The van der Waals surface area contributed by atoms with Crippen molar-refractivity contribution in [3.05, 3.63) is 35.9 Å². The first-order valence-electron chi connectivity index (χ1n) is 2.98. The molecule has 0 heterocycles. The van der Waals surface area contributed by atoms with Gasteiger partial charge in [-0.15, -0.1) is 0 Å². The average Bonchev–Trinajstić information content (AvgIpc) is 1.87. The Morgan fingerprint density at radius 3 is 1.91 bits per heavy atom. The van der Waals surface area contributed by atoms with E-state index in [1.165, 1.54) is 5.56 Å². The molecule has 62 valence electrons. The largest absolute Gasteiger partial charge is 0.760 e. The van der Waals surface area contributed by atoms with Crippen LogP contribution in [0.2, 0.25) is 0 Å². The highest BCUT2D eigenvalue weighted by atomic mass is 32.2. The van der Waals surface area contributed by atoms with Gasteiger partial charge in [-0.2, -0.15) is 0 Å². The maximum absolute atomic E-state index is 8.78. The number of nitrogens with two attached hydrogens (primary N) is 1. The topological polar surface area (TPSA) is 66.2 Å². The second kappa shape index (κ2) is 6.03. The quantitative estimate of drug-likeness (QED) is 0.586. The Kier molecular flexibility index (Phi) is 5.64. The molecule has 3 nitrogen and oxygen atoms in total. The summed E-state index contributed by atoms with van der Waals surface area (Å²) in [6.45, 7) is 2.08. The highest BCUT2D eigenvalue weighted by Gasteiger charge is 1.72. The highest BCUT2D eigenvalue weighted by Crippen LogP contribution is 1.92. The number of hydrogen-bond acceptors (Lipinski definition) is 2. The van der Waals surface area contributed by atoms with Gasteiger partial charge in [-0.3, -0.25) is 9.35 Å². The zero-order valence-electron chi connectivity index (χ0n) is 6.19. The number of hydrogen-bond donors (Lipinski definition) is 1. The maximum atomic E-state index is 8.78. The van der Waals surface area contributed by atoms with Crippen molar-refractivity contribution in [1.29, 1.82) is 0 Å². The summed E-state index contributed by atoms with van der Waals surface area (Å²) >= 11 is -2.36. The third-order valence-corrected chi connectivity index (χ3v) is 0.940. The van der Waals surface area contributed by atoms with Gasteiger partial charge in [-0.1, -0.05) is 35.9 Å². The molecule has 0 bridgehead atoms. The third-order valence-electron chi connectivity index (χ3n) is 0.940. The number of rotatable bonds is 0. The lowest BCUT2D eigenvalue weighted by Gasteiger charge is -1.85. The van der Waals surface area contributed by atoms with Crippen LogP contribution in [-0.2, 0) is 11.3 Å². The lowest BCUT2D eigenvalue weighted by molar-refractivity contribution is 0.539. The summed E-state index contributed by atoms with van der Waals surface area (Å²) in [6.07, 6.45) is 0. The van der Waals surface area contributed by atoms with Gasteiger partial charge in [0, 0.05) is 11.3 Å². The minimum absolute atomic E-state index is 1.32. The molecule has 1 aromatic carbocycles. The van der Waals surface area contributed by atoms with Crippen molar-refractivity contribution in [2.75, 3.05) is 0 Å². The molecule has 0 amide bonds. The zero-order chi connectivity index (χ0) is 8.69. The van der Waals surface area contributed by atoms with Crippen LogP contribution in [0, 0.1) is 6.92 Å². The molecule has 2 N–H and O–H groups in total. The first kappa shape index (κ1) is 10.3. The van der Waals surface area contributed by atoms with Crippen LogP contribution in [0.15, 0.2) is 30.3 Å². The molecule has 11 heavy (non-hydrogen) atoms. The summed E-state index contributed by atoms with van der Waals surface area (Å²) in [5.74, 6) is 0. The molecule has 1 aromatic rings. The minimum atomic E-state index is -2.36. The monoisotopic (exact) mass is 172 g/mol. The van der Waals surface area contributed by atoms with Crippen LogP contribution in [-0.4, -0.2) is 8.76 Å². The molecule has 1 rings (SSSR count). The highest BCUT2D eigenvalue weighted by molar-refractivity contribution is 7.76. The van der Waals surface area contributed by atoms with Crippen molar-refractivity contribution in [1.82, 2.24) is 0 Å². The molecule has 0 saturated heterocycles. The van der Waals surface area contributed by atoms with Gasteiger partial charge in [-0.05, 0) is 6.92 Å². The molecule has 0 fully saturated rings. The van der Waals surface area contributed by atoms with Crippen LogP contribution in [0.25, 0.3) is 0 Å². The fraction of sp³-hybridized carbons (Fsp3) is 0.143. The molecular weight excluding hydrogens is 162 g/mol. The Labute approximate surface area is 68.7 Å². The summed E-state index contributed by atoms with van der Waals surface area (Å²) in [6, 6.07) is 10.3. The molecule has 1 unspecified atom stereocenters. The summed E-state index contributed by atoms with van der Waals surface area (Å²) in [5, 5.41) is 4.03. The van der Waals surface area contributed by atoms with Gasteiger partial charge < -0.3 is 4.55 Å². The SMILES string of the molecule is Cc1ccccc1.NS(=O)[O-]. The van der Waals surface area contributed by atoms with E-state index in [1.54, 1.807) is 0 Å². The molecule has 0 aliphatic rings. The molecular formula is C7H10NO2S-. The van der Waals surface area contributed by atoms with Crippen molar-refractivity contribution in [3.8, 4) is 0 Å². The fourth-order valence-electron chi connectivity index (χ4n) is 0.534. The Balaban J connectivity index is 0.000000218. The predicted molar refractivity (Wildman–Crippen MR) is 44.3 cm³/mol. The molecule has 0 aliphatic carbocycles. The number of benzene rings is 1. The summed E-state index contributed by atoms with van der Waals surface area (Å²) in [4.78, 5) is 0. The summed E-state index contributed by atoms with van der Waals surface area (Å²) < 4.78 is 17.6. The van der Waals surface area contributed by atoms with Crippen molar-refractivity contribution in [3.63, 3.8) is 0 Å². The smallest absolute Gasteiger partial charge is 0.0152 e. The van der Waals surface area contributed by atoms with E-state index in [9.17, 15) is 0 Å². The lowest BCUT2D eigenvalue weighted by Crippen LogP contribution is -1.97. The first-order valence-corrected chi connectivity index (χ1v) is 4.12. The molecule has 0 spiro atoms. The van der Waals surface area contributed by atoms with E-state index >= 15 is 0 Å². The van der Waals surface area contributed by atoms with Crippen molar-refractivity contribution in [2.45, 2.75) is 6.92 Å². The Morgan fingerprint density at radius 2 is 1.73 bits per heavy atom. The van der Waals surface area contributed by atoms with Crippen molar-refractivity contribution >= 4 is 11.3 Å². The van der Waals surface area contributed by atoms with Gasteiger partial charge in [0.15, 0.2) is 0 Å². The molecule has 0 aromatic heterocycles. The summed E-state index contributed by atoms with van der Waals surface area (Å²) in [5.41, 5.74) is 1.32. The Morgan fingerprint density at radius 1 is 1.36 bits per heavy atom. The number of aryl methyl sites for hydroxylation is 1. The van der Waals surface area contributed by atoms with Crippen LogP contribution < -0.4 is 5.14 Å². The Hall–Kier alpha value is -0.710. The first-order chi connectivity index (χ1) is 5.13. The maximum Gasteiger partial charge on any atom is 0.0152 e. The van der Waals surface area contributed by atoms with Crippen molar-refractivity contribution < 1.29 is 8.76 Å². The van der Waals surface area contributed by atoms with Gasteiger partial charge in [0.05, 0.1) is 0 Å². The molecule has 0 aliphatic heterocycles. The molecule has 0 radical (unpaired) electrons. The van der Waals surface area contributed by atoms with Gasteiger partial charge in [0.2, 0.25) is 0 Å². The zero-order valence-corrected chi connectivity index (χ0v) is 7.01. The van der Waals surface area contributed by atoms with Gasteiger partial charge >= 0.3 is 0 Å². The minimum Gasteiger partial charge on any atom is -0.760 e. The normalized spacial score (nSPS) is 11.2. The lowest BCUT2D eigenvalue weighted by atomic mass is 10.2. The van der Waals surface area contributed by atoms with Crippen molar-refractivity contribution in [2.24, 2.45) is 5.14 Å². The van der Waals surface area contributed by atoms with Crippen LogP contribution in [0.1, 0.15) is 5.56 Å². The van der Waals surface area contributed by atoms with E-state index in [0.717, 1.165) is 0 Å². The Bertz CT molecular complexity index is 209. The fourth-order valence-corrected chi connectivity index (χ4v) is 0.534. The molecule has 0 saturated carbocycles. The van der Waals surface area contributed by atoms with E-state index in [0.29, 0.717) is 0 Å². The summed E-state index contributed by atoms with van der Waals surface area (Å²) in [7, 11) is 0. The second-order valence-corrected chi connectivity index (χ2v) is 2.44. The van der Waals surface area contributed by atoms with Gasteiger partial charge in [-0.25, -0.2) is 0 Å². The van der Waals surface area contributed by atoms with Crippen LogP contribution in [0.5, 0.6) is 0 Å².